The van der Waals surface area contributed by atoms with Crippen LogP contribution in [-0.2, 0) is 4.79 Å². The standard InChI is InChI=1S/C14H12F2N2O3/c1-7(19)4-9-6-20-11-5-8(2-3-10(9)11)13-17-14(12(15)16)21-18-13/h2-3,5,9,12H,4,6H2,1H3/t9-/m1/s1/i1D3. The summed E-state index contributed by atoms with van der Waals surface area (Å²) < 4.78 is 56.3. The topological polar surface area (TPSA) is 65.2 Å². The number of fused-ring (bicyclic) bond motifs is 1. The third kappa shape index (κ3) is 2.63. The van der Waals surface area contributed by atoms with E-state index in [0.717, 1.165) is 0 Å². The number of alkyl halides is 2. The SMILES string of the molecule is [2H]C([2H])([2H])C(=O)C[C@@H]1COc2cc(-c3noc(C(F)F)n3)ccc21. The number of Topliss-reactive ketones (excluding diaryl/α,β-unsaturated/α-hetero) is 1. The molecule has 21 heavy (non-hydrogen) atoms. The summed E-state index contributed by atoms with van der Waals surface area (Å²) in [5, 5.41) is 3.48. The predicted octanol–water partition coefficient (Wildman–Crippen LogP) is 3.13. The Balaban J connectivity index is 1.81. The van der Waals surface area contributed by atoms with Gasteiger partial charge in [0, 0.05) is 27.6 Å². The number of hydrogen-bond acceptors (Lipinski definition) is 5. The van der Waals surface area contributed by atoms with E-state index in [9.17, 15) is 13.6 Å². The van der Waals surface area contributed by atoms with Crippen molar-refractivity contribution in [2.24, 2.45) is 0 Å². The van der Waals surface area contributed by atoms with E-state index in [1.165, 1.54) is 0 Å². The van der Waals surface area contributed by atoms with E-state index in [-0.39, 0.29) is 24.8 Å². The second-order valence-electron chi connectivity index (χ2n) is 4.64. The van der Waals surface area contributed by atoms with Crippen LogP contribution in [0.1, 0.15) is 41.2 Å². The maximum Gasteiger partial charge on any atom is 0.315 e. The van der Waals surface area contributed by atoms with Gasteiger partial charge in [-0.1, -0.05) is 17.3 Å². The number of nitrogens with zero attached hydrogens (tertiary/aromatic N) is 2. The zero-order valence-corrected chi connectivity index (χ0v) is 10.7. The average Bonchev–Trinajstić information content (AvgIpc) is 3.13. The van der Waals surface area contributed by atoms with Crippen LogP contribution in [0.3, 0.4) is 0 Å². The normalized spacial score (nSPS) is 19.6. The van der Waals surface area contributed by atoms with Crippen molar-refractivity contribution in [1.29, 1.82) is 0 Å². The Kier molecular flexibility index (Phi) is 2.60. The Labute approximate surface area is 123 Å². The Bertz CT molecular complexity index is 777. The van der Waals surface area contributed by atoms with Crippen molar-refractivity contribution in [3.05, 3.63) is 29.7 Å². The van der Waals surface area contributed by atoms with Gasteiger partial charge in [-0.25, -0.2) is 0 Å². The molecule has 0 amide bonds. The molecular weight excluding hydrogens is 282 g/mol. The second kappa shape index (κ2) is 5.23. The molecule has 7 heteroatoms. The highest BCUT2D eigenvalue weighted by Crippen LogP contribution is 2.38. The first kappa shape index (κ1) is 10.4. The van der Waals surface area contributed by atoms with Crippen LogP contribution in [0.2, 0.25) is 0 Å². The van der Waals surface area contributed by atoms with E-state index >= 15 is 0 Å². The number of carbonyl (C=O) groups is 1. The quantitative estimate of drug-likeness (QED) is 0.867. The fourth-order valence-electron chi connectivity index (χ4n) is 2.25. The van der Waals surface area contributed by atoms with Crippen molar-refractivity contribution in [2.45, 2.75) is 25.6 Å². The van der Waals surface area contributed by atoms with Gasteiger partial charge in [-0.05, 0) is 12.9 Å². The molecule has 0 aliphatic carbocycles. The number of carbonyl (C=O) groups excluding carboxylic acids is 1. The van der Waals surface area contributed by atoms with E-state index in [4.69, 9.17) is 8.85 Å². The van der Waals surface area contributed by atoms with E-state index in [1.54, 1.807) is 18.2 Å². The van der Waals surface area contributed by atoms with Crippen molar-refractivity contribution in [3.63, 3.8) is 0 Å². The lowest BCUT2D eigenvalue weighted by Gasteiger charge is -2.05. The minimum Gasteiger partial charge on any atom is -0.493 e. The molecule has 0 spiro atoms. The van der Waals surface area contributed by atoms with Gasteiger partial charge in [0.05, 0.1) is 6.61 Å². The lowest BCUT2D eigenvalue weighted by molar-refractivity contribution is -0.117. The molecule has 2 aromatic rings. The van der Waals surface area contributed by atoms with Gasteiger partial charge in [0.25, 0.3) is 5.89 Å². The smallest absolute Gasteiger partial charge is 0.315 e. The molecule has 1 aliphatic rings. The van der Waals surface area contributed by atoms with Gasteiger partial charge in [-0.15, -0.1) is 0 Å². The summed E-state index contributed by atoms with van der Waals surface area (Å²) in [5.41, 5.74) is 1.11. The Morgan fingerprint density at radius 3 is 3.14 bits per heavy atom. The molecule has 1 aromatic carbocycles. The molecule has 5 nitrogen and oxygen atoms in total. The molecule has 2 heterocycles. The molecule has 0 saturated heterocycles. The van der Waals surface area contributed by atoms with Crippen LogP contribution in [-0.4, -0.2) is 22.5 Å². The molecule has 1 atom stereocenters. The Morgan fingerprint density at radius 2 is 2.43 bits per heavy atom. The largest absolute Gasteiger partial charge is 0.493 e. The lowest BCUT2D eigenvalue weighted by atomic mass is 9.95. The van der Waals surface area contributed by atoms with Crippen LogP contribution >= 0.6 is 0 Å². The van der Waals surface area contributed by atoms with Gasteiger partial charge in [-0.2, -0.15) is 13.8 Å². The van der Waals surface area contributed by atoms with Gasteiger partial charge in [0.2, 0.25) is 5.82 Å². The molecule has 0 bridgehead atoms. The maximum absolute atomic E-state index is 12.5. The molecule has 0 saturated carbocycles. The van der Waals surface area contributed by atoms with Crippen molar-refractivity contribution in [3.8, 4) is 17.1 Å². The van der Waals surface area contributed by atoms with Crippen LogP contribution in [0, 0.1) is 0 Å². The van der Waals surface area contributed by atoms with E-state index in [2.05, 4.69) is 14.7 Å². The number of benzene rings is 1. The first-order valence-electron chi connectivity index (χ1n) is 7.68. The summed E-state index contributed by atoms with van der Waals surface area (Å²) in [6.07, 6.45) is -3.01. The summed E-state index contributed by atoms with van der Waals surface area (Å²) in [6, 6.07) is 4.78. The summed E-state index contributed by atoms with van der Waals surface area (Å²) in [4.78, 5) is 15.3. The average molecular weight is 297 g/mol. The molecule has 0 fully saturated rings. The van der Waals surface area contributed by atoms with Crippen LogP contribution < -0.4 is 4.74 Å². The number of rotatable bonds is 4. The number of ether oxygens (including phenoxy) is 1. The third-order valence-corrected chi connectivity index (χ3v) is 3.21. The lowest BCUT2D eigenvalue weighted by Crippen LogP contribution is -2.05. The van der Waals surface area contributed by atoms with Crippen molar-refractivity contribution >= 4 is 5.78 Å². The summed E-state index contributed by atoms with van der Waals surface area (Å²) in [7, 11) is 0. The molecule has 0 radical (unpaired) electrons. The second-order valence-corrected chi connectivity index (χ2v) is 4.64. The number of hydrogen-bond donors (Lipinski definition) is 0. The van der Waals surface area contributed by atoms with E-state index in [1.807, 2.05) is 0 Å². The molecule has 1 aliphatic heterocycles. The van der Waals surface area contributed by atoms with Crippen molar-refractivity contribution < 1.29 is 26.9 Å². The molecule has 0 unspecified atom stereocenters. The number of aromatic nitrogens is 2. The highest BCUT2D eigenvalue weighted by molar-refractivity contribution is 5.77. The van der Waals surface area contributed by atoms with E-state index < -0.39 is 25.0 Å². The molecule has 3 rings (SSSR count). The van der Waals surface area contributed by atoms with Crippen LogP contribution in [0.4, 0.5) is 8.78 Å². The zero-order chi connectivity index (χ0) is 17.5. The molecular formula is C14H12F2N2O3. The minimum absolute atomic E-state index is 0.00119. The first-order valence-corrected chi connectivity index (χ1v) is 6.18. The maximum atomic E-state index is 12.5. The van der Waals surface area contributed by atoms with Crippen molar-refractivity contribution in [1.82, 2.24) is 10.1 Å². The fraction of sp³-hybridized carbons (Fsp3) is 0.357. The van der Waals surface area contributed by atoms with Crippen molar-refractivity contribution in [2.75, 3.05) is 6.61 Å². The molecule has 0 N–H and O–H groups in total. The Hall–Kier alpha value is -2.31. The molecule has 110 valence electrons. The monoisotopic (exact) mass is 297 g/mol. The fourth-order valence-corrected chi connectivity index (χ4v) is 2.25. The minimum atomic E-state index is -2.85. The van der Waals surface area contributed by atoms with Crippen LogP contribution in [0.25, 0.3) is 11.4 Å². The van der Waals surface area contributed by atoms with Crippen LogP contribution in [0.5, 0.6) is 5.75 Å². The molecule has 1 aromatic heterocycles. The zero-order valence-electron chi connectivity index (χ0n) is 13.7. The predicted molar refractivity (Wildman–Crippen MR) is 68.2 cm³/mol. The van der Waals surface area contributed by atoms with E-state index in [0.29, 0.717) is 16.9 Å². The Morgan fingerprint density at radius 1 is 1.57 bits per heavy atom. The summed E-state index contributed by atoms with van der Waals surface area (Å²) in [6.45, 7) is -2.46. The summed E-state index contributed by atoms with van der Waals surface area (Å²) in [5.74, 6) is -1.51. The van der Waals surface area contributed by atoms with Gasteiger partial charge >= 0.3 is 6.43 Å². The number of ketones is 1. The van der Waals surface area contributed by atoms with Gasteiger partial charge < -0.3 is 14.1 Å². The van der Waals surface area contributed by atoms with Gasteiger partial charge in [0.15, 0.2) is 0 Å². The number of halogens is 2. The highest BCUT2D eigenvalue weighted by atomic mass is 19.3. The third-order valence-electron chi connectivity index (χ3n) is 3.21. The summed E-state index contributed by atoms with van der Waals surface area (Å²) >= 11 is 0. The first-order chi connectivity index (χ1) is 11.3. The van der Waals surface area contributed by atoms with Gasteiger partial charge in [-0.3, -0.25) is 0 Å². The van der Waals surface area contributed by atoms with Gasteiger partial charge in [0.1, 0.15) is 11.5 Å². The highest BCUT2D eigenvalue weighted by Gasteiger charge is 2.26. The van der Waals surface area contributed by atoms with Crippen LogP contribution in [0.15, 0.2) is 22.7 Å².